The van der Waals surface area contributed by atoms with Gasteiger partial charge in [-0.15, -0.1) is 0 Å². The molecule has 1 aromatic rings. The van der Waals surface area contributed by atoms with Gasteiger partial charge in [-0.1, -0.05) is 6.07 Å². The summed E-state index contributed by atoms with van der Waals surface area (Å²) in [6.07, 6.45) is 1.72. The van der Waals surface area contributed by atoms with Crippen LogP contribution in [0.3, 0.4) is 0 Å². The molecule has 0 amide bonds. The summed E-state index contributed by atoms with van der Waals surface area (Å²) < 4.78 is 9.91. The molecule has 2 unspecified atom stereocenters. The van der Waals surface area contributed by atoms with Crippen LogP contribution in [0.1, 0.15) is 12.8 Å². The van der Waals surface area contributed by atoms with Gasteiger partial charge in [0.2, 0.25) is 0 Å². The van der Waals surface area contributed by atoms with E-state index in [0.29, 0.717) is 12.3 Å². The number of hydrogen-bond donors (Lipinski definition) is 1. The molecule has 5 heteroatoms. The summed E-state index contributed by atoms with van der Waals surface area (Å²) in [6.45, 7) is 1.89. The molecule has 5 nitrogen and oxygen atoms in total. The van der Waals surface area contributed by atoms with Crippen molar-refractivity contribution in [2.75, 3.05) is 32.2 Å². The third-order valence-electron chi connectivity index (χ3n) is 3.80. The standard InChI is InChI=1S/C15H22N2O3/c1-19-13-5-3-4-12(9-13)17-7-6-11(10-17)8-14(16)15(18)20-2/h3-5,9,11,14H,6-8,10,16H2,1-2H3. The molecule has 1 aliphatic heterocycles. The average molecular weight is 278 g/mol. The van der Waals surface area contributed by atoms with Gasteiger partial charge in [0.05, 0.1) is 14.2 Å². The van der Waals surface area contributed by atoms with Gasteiger partial charge in [-0.25, -0.2) is 0 Å². The lowest BCUT2D eigenvalue weighted by molar-refractivity contribution is -0.142. The van der Waals surface area contributed by atoms with Gasteiger partial charge in [0.25, 0.3) is 0 Å². The van der Waals surface area contributed by atoms with Crippen LogP contribution >= 0.6 is 0 Å². The highest BCUT2D eigenvalue weighted by molar-refractivity contribution is 5.75. The Hall–Kier alpha value is -1.75. The van der Waals surface area contributed by atoms with Gasteiger partial charge in [-0.05, 0) is 30.9 Å². The molecule has 110 valence electrons. The average Bonchev–Trinajstić information content (AvgIpc) is 2.94. The minimum Gasteiger partial charge on any atom is -0.497 e. The molecule has 0 aromatic heterocycles. The van der Waals surface area contributed by atoms with Gasteiger partial charge in [-0.3, -0.25) is 4.79 Å². The Morgan fingerprint density at radius 1 is 1.50 bits per heavy atom. The van der Waals surface area contributed by atoms with Crippen LogP contribution in [0.2, 0.25) is 0 Å². The van der Waals surface area contributed by atoms with E-state index in [9.17, 15) is 4.79 Å². The lowest BCUT2D eigenvalue weighted by atomic mass is 10.00. The Morgan fingerprint density at radius 3 is 3.00 bits per heavy atom. The topological polar surface area (TPSA) is 64.8 Å². The van der Waals surface area contributed by atoms with Crippen LogP contribution in [0, 0.1) is 5.92 Å². The highest BCUT2D eigenvalue weighted by Crippen LogP contribution is 2.28. The second-order valence-electron chi connectivity index (χ2n) is 5.17. The van der Waals surface area contributed by atoms with E-state index in [1.165, 1.54) is 7.11 Å². The number of carbonyl (C=O) groups excluding carboxylic acids is 1. The van der Waals surface area contributed by atoms with Crippen LogP contribution < -0.4 is 15.4 Å². The Balaban J connectivity index is 1.93. The number of methoxy groups -OCH3 is 2. The molecule has 2 rings (SSSR count). The van der Waals surface area contributed by atoms with E-state index in [0.717, 1.165) is 30.9 Å². The third kappa shape index (κ3) is 3.42. The van der Waals surface area contributed by atoms with E-state index in [-0.39, 0.29) is 5.97 Å². The summed E-state index contributed by atoms with van der Waals surface area (Å²) in [7, 11) is 3.04. The third-order valence-corrected chi connectivity index (χ3v) is 3.80. The SMILES string of the molecule is COC(=O)C(N)CC1CCN(c2cccc(OC)c2)C1. The summed E-state index contributed by atoms with van der Waals surface area (Å²) in [5.74, 6) is 0.956. The largest absolute Gasteiger partial charge is 0.497 e. The maximum absolute atomic E-state index is 11.4. The smallest absolute Gasteiger partial charge is 0.322 e. The molecule has 2 atom stereocenters. The molecule has 0 spiro atoms. The fourth-order valence-electron chi connectivity index (χ4n) is 2.67. The zero-order valence-corrected chi connectivity index (χ0v) is 12.0. The molecular weight excluding hydrogens is 256 g/mol. The molecule has 1 aliphatic rings. The van der Waals surface area contributed by atoms with Crippen molar-refractivity contribution in [3.8, 4) is 5.75 Å². The number of esters is 1. The van der Waals surface area contributed by atoms with Gasteiger partial charge < -0.3 is 20.1 Å². The maximum atomic E-state index is 11.4. The van der Waals surface area contributed by atoms with Gasteiger partial charge in [-0.2, -0.15) is 0 Å². The van der Waals surface area contributed by atoms with Crippen molar-refractivity contribution in [1.29, 1.82) is 0 Å². The first-order valence-corrected chi connectivity index (χ1v) is 6.86. The predicted octanol–water partition coefficient (Wildman–Crippen LogP) is 1.41. The number of ether oxygens (including phenoxy) is 2. The number of benzene rings is 1. The molecule has 0 aliphatic carbocycles. The summed E-state index contributed by atoms with van der Waals surface area (Å²) >= 11 is 0. The van der Waals surface area contributed by atoms with Crippen molar-refractivity contribution in [2.24, 2.45) is 11.7 Å². The number of carbonyl (C=O) groups is 1. The van der Waals surface area contributed by atoms with Gasteiger partial charge in [0.1, 0.15) is 11.8 Å². The van der Waals surface area contributed by atoms with Gasteiger partial charge in [0.15, 0.2) is 0 Å². The Bertz CT molecular complexity index is 464. The lowest BCUT2D eigenvalue weighted by Gasteiger charge is -2.20. The summed E-state index contributed by atoms with van der Waals surface area (Å²) in [6, 6.07) is 7.51. The van der Waals surface area contributed by atoms with E-state index in [2.05, 4.69) is 15.7 Å². The molecule has 1 fully saturated rings. The maximum Gasteiger partial charge on any atom is 0.322 e. The summed E-state index contributed by atoms with van der Waals surface area (Å²) in [5, 5.41) is 0. The number of nitrogens with zero attached hydrogens (tertiary/aromatic N) is 1. The second kappa shape index (κ2) is 6.61. The van der Waals surface area contributed by atoms with Crippen molar-refractivity contribution in [1.82, 2.24) is 0 Å². The lowest BCUT2D eigenvalue weighted by Crippen LogP contribution is -2.34. The Kier molecular flexibility index (Phi) is 4.84. The Morgan fingerprint density at radius 2 is 2.30 bits per heavy atom. The highest BCUT2D eigenvalue weighted by atomic mass is 16.5. The molecular formula is C15H22N2O3. The van der Waals surface area contributed by atoms with E-state index in [1.54, 1.807) is 7.11 Å². The van der Waals surface area contributed by atoms with E-state index < -0.39 is 6.04 Å². The zero-order valence-electron chi connectivity index (χ0n) is 12.0. The quantitative estimate of drug-likeness (QED) is 0.825. The van der Waals surface area contributed by atoms with Crippen molar-refractivity contribution >= 4 is 11.7 Å². The van der Waals surface area contributed by atoms with E-state index in [4.69, 9.17) is 10.5 Å². The molecule has 2 N–H and O–H groups in total. The molecule has 1 heterocycles. The number of nitrogens with two attached hydrogens (primary N) is 1. The molecule has 0 bridgehead atoms. The van der Waals surface area contributed by atoms with Crippen LogP contribution in [0.25, 0.3) is 0 Å². The summed E-state index contributed by atoms with van der Waals surface area (Å²) in [4.78, 5) is 13.7. The normalized spacial score (nSPS) is 19.8. The molecule has 1 saturated heterocycles. The molecule has 0 radical (unpaired) electrons. The van der Waals surface area contributed by atoms with E-state index in [1.807, 2.05) is 18.2 Å². The molecule has 0 saturated carbocycles. The molecule has 20 heavy (non-hydrogen) atoms. The highest BCUT2D eigenvalue weighted by Gasteiger charge is 2.27. The van der Waals surface area contributed by atoms with Crippen molar-refractivity contribution in [2.45, 2.75) is 18.9 Å². The van der Waals surface area contributed by atoms with Gasteiger partial charge in [0, 0.05) is 24.8 Å². The van der Waals surface area contributed by atoms with Crippen LogP contribution in [-0.4, -0.2) is 39.3 Å². The monoisotopic (exact) mass is 278 g/mol. The van der Waals surface area contributed by atoms with Crippen molar-refractivity contribution < 1.29 is 14.3 Å². The first-order valence-electron chi connectivity index (χ1n) is 6.86. The first-order chi connectivity index (χ1) is 9.63. The summed E-state index contributed by atoms with van der Waals surface area (Å²) in [5.41, 5.74) is 6.98. The van der Waals surface area contributed by atoms with Crippen LogP contribution in [0.15, 0.2) is 24.3 Å². The number of rotatable bonds is 5. The van der Waals surface area contributed by atoms with Crippen molar-refractivity contribution in [3.63, 3.8) is 0 Å². The Labute approximate surface area is 119 Å². The van der Waals surface area contributed by atoms with Crippen molar-refractivity contribution in [3.05, 3.63) is 24.3 Å². The van der Waals surface area contributed by atoms with Crippen LogP contribution in [0.5, 0.6) is 5.75 Å². The predicted molar refractivity (Wildman–Crippen MR) is 77.9 cm³/mol. The minimum atomic E-state index is -0.518. The fourth-order valence-corrected chi connectivity index (χ4v) is 2.67. The number of anilines is 1. The zero-order chi connectivity index (χ0) is 14.5. The van der Waals surface area contributed by atoms with E-state index >= 15 is 0 Å². The van der Waals surface area contributed by atoms with Gasteiger partial charge >= 0.3 is 5.97 Å². The fraction of sp³-hybridized carbons (Fsp3) is 0.533. The number of hydrogen-bond acceptors (Lipinski definition) is 5. The second-order valence-corrected chi connectivity index (χ2v) is 5.17. The first kappa shape index (κ1) is 14.7. The van der Waals surface area contributed by atoms with Crippen LogP contribution in [-0.2, 0) is 9.53 Å². The minimum absolute atomic E-state index is 0.329. The molecule has 1 aromatic carbocycles. The van der Waals surface area contributed by atoms with Crippen LogP contribution in [0.4, 0.5) is 5.69 Å².